The van der Waals surface area contributed by atoms with Crippen molar-refractivity contribution in [2.75, 3.05) is 39.4 Å². The molecule has 0 aliphatic carbocycles. The van der Waals surface area contributed by atoms with Crippen molar-refractivity contribution < 1.29 is 49.0 Å². The van der Waals surface area contributed by atoms with Crippen LogP contribution in [0, 0.1) is 0 Å². The molecule has 3 rings (SSSR count). The number of carbonyl (C=O) groups excluding carboxylic acids is 2. The molecule has 10 heteroatoms. The number of hydrogen-bond donors (Lipinski definition) is 1. The Kier molecular flexibility index (Phi) is 9.25. The van der Waals surface area contributed by atoms with E-state index in [1.165, 1.54) is 4.68 Å². The van der Waals surface area contributed by atoms with Crippen LogP contribution in [-0.2, 0) is 11.2 Å². The quantitative estimate of drug-likeness (QED) is 0.454. The smallest absolute Gasteiger partial charge is 0.543 e. The molecule has 0 spiro atoms. The summed E-state index contributed by atoms with van der Waals surface area (Å²) >= 11 is 0. The van der Waals surface area contributed by atoms with Crippen molar-refractivity contribution in [2.24, 2.45) is 0 Å². The van der Waals surface area contributed by atoms with Crippen molar-refractivity contribution in [1.82, 2.24) is 25.2 Å². The fourth-order valence-electron chi connectivity index (χ4n) is 3.14. The molecular weight excluding hydrogens is 385 g/mol. The van der Waals surface area contributed by atoms with Gasteiger partial charge in [-0.25, -0.2) is 4.68 Å². The second-order valence-corrected chi connectivity index (χ2v) is 6.59. The number of morpholine rings is 1. The Morgan fingerprint density at radius 1 is 1.21 bits per heavy atom. The molecule has 1 aromatic heterocycles. The number of hydrogen-bond acceptors (Lipinski definition) is 7. The predicted molar refractivity (Wildman–Crippen MR) is 99.3 cm³/mol. The molecule has 1 aromatic carbocycles. The van der Waals surface area contributed by atoms with E-state index >= 15 is 0 Å². The van der Waals surface area contributed by atoms with Crippen LogP contribution in [0.3, 0.4) is 0 Å². The van der Waals surface area contributed by atoms with Gasteiger partial charge in [-0.05, 0) is 30.7 Å². The summed E-state index contributed by atoms with van der Waals surface area (Å²) in [6, 6.07) is 6.83. The van der Waals surface area contributed by atoms with E-state index in [0.717, 1.165) is 39.3 Å². The first-order valence-electron chi connectivity index (χ1n) is 9.44. The molecule has 1 fully saturated rings. The van der Waals surface area contributed by atoms with E-state index in [4.69, 9.17) is 4.74 Å². The summed E-state index contributed by atoms with van der Waals surface area (Å²) in [4.78, 5) is 25.8. The van der Waals surface area contributed by atoms with E-state index in [-0.39, 0.29) is 41.2 Å². The third-order valence-electron chi connectivity index (χ3n) is 4.63. The fourth-order valence-corrected chi connectivity index (χ4v) is 3.14. The summed E-state index contributed by atoms with van der Waals surface area (Å²) in [6.45, 7) is 6.54. The first-order valence-corrected chi connectivity index (χ1v) is 9.44. The molecule has 0 radical (unpaired) electrons. The van der Waals surface area contributed by atoms with Crippen molar-refractivity contribution in [3.63, 3.8) is 0 Å². The van der Waals surface area contributed by atoms with Crippen molar-refractivity contribution in [1.29, 1.82) is 0 Å². The summed E-state index contributed by atoms with van der Waals surface area (Å²) in [7, 11) is 0. The van der Waals surface area contributed by atoms with Gasteiger partial charge < -0.3 is 20.0 Å². The first-order chi connectivity index (χ1) is 13.6. The zero-order chi connectivity index (χ0) is 19.9. The third-order valence-corrected chi connectivity index (χ3v) is 4.63. The number of carbonyl (C=O) groups is 2. The van der Waals surface area contributed by atoms with Crippen molar-refractivity contribution >= 4 is 11.9 Å². The molecule has 150 valence electrons. The van der Waals surface area contributed by atoms with Gasteiger partial charge in [-0.1, -0.05) is 18.6 Å². The molecule has 1 saturated heterocycles. The summed E-state index contributed by atoms with van der Waals surface area (Å²) in [5.74, 6) is -1.49. The van der Waals surface area contributed by atoms with Crippen LogP contribution in [0.4, 0.5) is 0 Å². The molecular formula is C19H24N5NaO4. The molecule has 1 aliphatic heterocycles. The summed E-state index contributed by atoms with van der Waals surface area (Å²) in [6.07, 6.45) is 1.26. The van der Waals surface area contributed by atoms with Gasteiger partial charge in [0.25, 0.3) is 5.91 Å². The minimum absolute atomic E-state index is 0. The normalized spacial score (nSPS) is 14.2. The minimum Gasteiger partial charge on any atom is -0.543 e. The Bertz CT molecular complexity index is 819. The van der Waals surface area contributed by atoms with Crippen molar-refractivity contribution in [3.05, 3.63) is 41.2 Å². The van der Waals surface area contributed by atoms with Gasteiger partial charge in [-0.2, -0.15) is 0 Å². The number of carboxylic acid groups (broad SMARTS) is 1. The maximum Gasteiger partial charge on any atom is 1.00 e. The number of nitrogens with zero attached hydrogens (tertiary/aromatic N) is 4. The van der Waals surface area contributed by atoms with E-state index in [1.807, 2.05) is 6.92 Å². The number of aromatic nitrogens is 3. The molecule has 29 heavy (non-hydrogen) atoms. The standard InChI is InChI=1S/C19H25N5O4.Na/c1-2-3-16-17(19(26)27)21-22-24(16)15-6-4-14(5-7-15)18(25)20-8-9-23-10-12-28-13-11-23;/h4-7H,2-3,8-13H2,1H3,(H,20,25)(H,26,27);/q;+1/p-1. The van der Waals surface area contributed by atoms with Gasteiger partial charge in [0.2, 0.25) is 0 Å². The van der Waals surface area contributed by atoms with E-state index in [0.29, 0.717) is 29.9 Å². The Balaban J connectivity index is 0.00000300. The molecule has 9 nitrogen and oxygen atoms in total. The molecule has 2 aromatic rings. The van der Waals surface area contributed by atoms with Gasteiger partial charge in [-0.3, -0.25) is 9.69 Å². The van der Waals surface area contributed by atoms with Crippen LogP contribution >= 0.6 is 0 Å². The largest absolute Gasteiger partial charge is 1.00 e. The molecule has 0 atom stereocenters. The summed E-state index contributed by atoms with van der Waals surface area (Å²) in [5, 5.41) is 21.8. The monoisotopic (exact) mass is 409 g/mol. The molecule has 1 amide bonds. The Hall–Kier alpha value is -1.78. The SMILES string of the molecule is CCCc1c(C(=O)[O-])nnn1-c1ccc(C(=O)NCCN2CCOCC2)cc1.[Na+]. The summed E-state index contributed by atoms with van der Waals surface area (Å²) < 4.78 is 6.79. The van der Waals surface area contributed by atoms with Crippen molar-refractivity contribution in [3.8, 4) is 5.69 Å². The Morgan fingerprint density at radius 3 is 2.52 bits per heavy atom. The fraction of sp³-hybridized carbons (Fsp3) is 0.474. The van der Waals surface area contributed by atoms with Gasteiger partial charge in [0.05, 0.1) is 30.6 Å². The van der Waals surface area contributed by atoms with E-state index < -0.39 is 5.97 Å². The second kappa shape index (κ2) is 11.4. The second-order valence-electron chi connectivity index (χ2n) is 6.59. The van der Waals surface area contributed by atoms with Crippen LogP contribution in [0.1, 0.15) is 39.9 Å². The third kappa shape index (κ3) is 6.10. The zero-order valence-corrected chi connectivity index (χ0v) is 18.9. The number of benzene rings is 1. The molecule has 1 N–H and O–H groups in total. The molecule has 2 heterocycles. The van der Waals surface area contributed by atoms with Crippen LogP contribution in [0.2, 0.25) is 0 Å². The van der Waals surface area contributed by atoms with E-state index in [1.54, 1.807) is 24.3 Å². The number of amides is 1. The molecule has 1 aliphatic rings. The summed E-state index contributed by atoms with van der Waals surface area (Å²) in [5.41, 5.74) is 1.52. The Morgan fingerprint density at radius 2 is 1.90 bits per heavy atom. The van der Waals surface area contributed by atoms with Crippen LogP contribution in [0.15, 0.2) is 24.3 Å². The number of nitrogens with one attached hydrogen (secondary N) is 1. The average molecular weight is 409 g/mol. The number of carboxylic acids is 1. The van der Waals surface area contributed by atoms with Gasteiger partial charge in [0.1, 0.15) is 5.69 Å². The molecule has 0 saturated carbocycles. The maximum atomic E-state index is 12.3. The first kappa shape index (κ1) is 23.5. The maximum absolute atomic E-state index is 12.3. The van der Waals surface area contributed by atoms with Crippen LogP contribution in [0.25, 0.3) is 5.69 Å². The minimum atomic E-state index is -1.34. The van der Waals surface area contributed by atoms with Crippen molar-refractivity contribution in [2.45, 2.75) is 19.8 Å². The van der Waals surface area contributed by atoms with Gasteiger partial charge in [0.15, 0.2) is 0 Å². The Labute approximate surface area is 191 Å². The number of aromatic carboxylic acids is 1. The number of ether oxygens (including phenoxy) is 1. The van der Waals surface area contributed by atoms with Gasteiger partial charge in [-0.15, -0.1) is 5.10 Å². The van der Waals surface area contributed by atoms with Crippen LogP contribution < -0.4 is 40.0 Å². The molecule has 0 unspecified atom stereocenters. The van der Waals surface area contributed by atoms with Gasteiger partial charge >= 0.3 is 29.6 Å². The average Bonchev–Trinajstić information content (AvgIpc) is 3.13. The van der Waals surface area contributed by atoms with Crippen LogP contribution in [0.5, 0.6) is 0 Å². The molecule has 0 bridgehead atoms. The zero-order valence-electron chi connectivity index (χ0n) is 16.9. The van der Waals surface area contributed by atoms with E-state index in [9.17, 15) is 14.7 Å². The number of rotatable bonds is 8. The van der Waals surface area contributed by atoms with E-state index in [2.05, 4.69) is 20.5 Å². The topological polar surface area (TPSA) is 112 Å². The van der Waals surface area contributed by atoms with Crippen LogP contribution in [-0.4, -0.2) is 71.2 Å². The van der Waals surface area contributed by atoms with Gasteiger partial charge in [0, 0.05) is 31.7 Å². The predicted octanol–water partition coefficient (Wildman–Crippen LogP) is -3.35.